The maximum atomic E-state index is 12.4. The van der Waals surface area contributed by atoms with E-state index in [1.54, 1.807) is 0 Å². The number of ether oxygens (including phenoxy) is 1. The van der Waals surface area contributed by atoms with Gasteiger partial charge in [0.15, 0.2) is 0 Å². The van der Waals surface area contributed by atoms with Gasteiger partial charge in [-0.1, -0.05) is 57.8 Å². The predicted molar refractivity (Wildman–Crippen MR) is 121 cm³/mol. The largest absolute Gasteiger partial charge is 0.573 e. The summed E-state index contributed by atoms with van der Waals surface area (Å²) in [6.07, 6.45) is 5.83. The highest BCUT2D eigenvalue weighted by Gasteiger charge is 2.37. The number of halogens is 3. The zero-order valence-corrected chi connectivity index (χ0v) is 19.1. The van der Waals surface area contributed by atoms with Gasteiger partial charge in [-0.3, -0.25) is 10.6 Å². The molecule has 1 aromatic rings. The molecule has 0 spiro atoms. The summed E-state index contributed by atoms with van der Waals surface area (Å²) >= 11 is 0. The van der Waals surface area contributed by atoms with Crippen molar-refractivity contribution in [2.24, 2.45) is 17.6 Å². The summed E-state index contributed by atoms with van der Waals surface area (Å²) < 4.78 is 40.6. The van der Waals surface area contributed by atoms with Crippen LogP contribution in [-0.4, -0.2) is 30.9 Å². The maximum Gasteiger partial charge on any atom is 0.573 e. The second-order valence-electron chi connectivity index (χ2n) is 9.14. The number of nitrogens with one attached hydrogen (secondary N) is 4. The van der Waals surface area contributed by atoms with Crippen molar-refractivity contribution in [1.82, 2.24) is 16.0 Å². The van der Waals surface area contributed by atoms with Gasteiger partial charge in [0.2, 0.25) is 0 Å². The van der Waals surface area contributed by atoms with E-state index in [0.29, 0.717) is 11.6 Å². The lowest BCUT2D eigenvalue weighted by Crippen LogP contribution is -2.71. The van der Waals surface area contributed by atoms with Crippen LogP contribution in [0.3, 0.4) is 0 Å². The van der Waals surface area contributed by atoms with Crippen LogP contribution in [0.5, 0.6) is 5.75 Å². The second-order valence-corrected chi connectivity index (χ2v) is 9.14. The Bertz CT molecular complexity index is 725. The van der Waals surface area contributed by atoms with Crippen LogP contribution in [0, 0.1) is 11.8 Å². The molecule has 4 unspecified atom stereocenters. The molecule has 6 N–H and O–H groups in total. The molecule has 0 aromatic heterocycles. The molecule has 2 amide bonds. The Labute approximate surface area is 193 Å². The quantitative estimate of drug-likeness (QED) is 0.442. The van der Waals surface area contributed by atoms with Crippen molar-refractivity contribution in [3.8, 4) is 5.75 Å². The molecule has 1 saturated carbocycles. The van der Waals surface area contributed by atoms with Crippen LogP contribution >= 0.6 is 0 Å². The molecular weight excluding hydrogens is 435 g/mol. The fourth-order valence-electron chi connectivity index (χ4n) is 5.09. The van der Waals surface area contributed by atoms with Gasteiger partial charge in [0, 0.05) is 17.6 Å². The van der Waals surface area contributed by atoms with Crippen LogP contribution in [0.4, 0.5) is 23.7 Å². The van der Waals surface area contributed by atoms with Crippen molar-refractivity contribution in [2.45, 2.75) is 89.6 Å². The minimum absolute atomic E-state index is 0.123. The number of rotatable bonds is 4. The molecule has 1 heterocycles. The van der Waals surface area contributed by atoms with Gasteiger partial charge in [-0.25, -0.2) is 4.79 Å². The minimum atomic E-state index is -4.76. The molecule has 0 radical (unpaired) electrons. The fourth-order valence-corrected chi connectivity index (χ4v) is 5.09. The molecule has 4 atom stereocenters. The van der Waals surface area contributed by atoms with Gasteiger partial charge in [-0.15, -0.1) is 13.2 Å². The second kappa shape index (κ2) is 11.9. The summed E-state index contributed by atoms with van der Waals surface area (Å²) in [5, 5.41) is 12.0. The van der Waals surface area contributed by atoms with E-state index in [2.05, 4.69) is 32.9 Å². The van der Waals surface area contributed by atoms with Gasteiger partial charge < -0.3 is 21.1 Å². The van der Waals surface area contributed by atoms with Crippen LogP contribution in [0.15, 0.2) is 24.3 Å². The molecule has 0 bridgehead atoms. The number of carbonyl (C=O) groups excluding carboxylic acids is 1. The third-order valence-corrected chi connectivity index (χ3v) is 6.60. The summed E-state index contributed by atoms with van der Waals surface area (Å²) in [6, 6.07) is 4.59. The minimum Gasteiger partial charge on any atom is -0.406 e. The Kier molecular flexibility index (Phi) is 9.22. The van der Waals surface area contributed by atoms with Gasteiger partial charge in [-0.2, -0.15) is 0 Å². The average Bonchev–Trinajstić information content (AvgIpc) is 2.72. The molecule has 33 heavy (non-hydrogen) atoms. The van der Waals surface area contributed by atoms with Gasteiger partial charge in [0.1, 0.15) is 12.0 Å². The Hall–Kier alpha value is -2.04. The Morgan fingerprint density at radius 3 is 2.12 bits per heavy atom. The van der Waals surface area contributed by atoms with Crippen molar-refractivity contribution < 1.29 is 22.7 Å². The highest BCUT2D eigenvalue weighted by Crippen LogP contribution is 2.32. The third kappa shape index (κ3) is 8.35. The number of benzene rings is 1. The molecule has 1 aliphatic heterocycles. The van der Waals surface area contributed by atoms with E-state index in [-0.39, 0.29) is 23.9 Å². The number of anilines is 1. The zero-order chi connectivity index (χ0) is 23.8. The lowest BCUT2D eigenvalue weighted by atomic mass is 9.77. The summed E-state index contributed by atoms with van der Waals surface area (Å²) in [4.78, 5) is 12.4. The molecule has 186 valence electrons. The highest BCUT2D eigenvalue weighted by atomic mass is 19.4. The molecule has 1 saturated heterocycles. The van der Waals surface area contributed by atoms with Gasteiger partial charge in [0.25, 0.3) is 0 Å². The van der Waals surface area contributed by atoms with Crippen LogP contribution < -0.4 is 31.7 Å². The van der Waals surface area contributed by atoms with Gasteiger partial charge in [-0.05, 0) is 37.1 Å². The molecule has 2 aliphatic rings. The third-order valence-electron chi connectivity index (χ3n) is 6.60. The normalized spacial score (nSPS) is 28.0. The Balaban J connectivity index is 1.50. The monoisotopic (exact) mass is 471 g/mol. The van der Waals surface area contributed by atoms with E-state index >= 15 is 0 Å². The van der Waals surface area contributed by atoms with E-state index in [1.807, 2.05) is 0 Å². The molecular formula is C23H36F3N5O2. The van der Waals surface area contributed by atoms with E-state index in [1.165, 1.54) is 69.9 Å². The average molecular weight is 472 g/mol. The van der Waals surface area contributed by atoms with Gasteiger partial charge in [0.05, 0.1) is 6.17 Å². The van der Waals surface area contributed by atoms with E-state index in [4.69, 9.17) is 5.73 Å². The summed E-state index contributed by atoms with van der Waals surface area (Å²) in [6.45, 7) is 2.11. The first kappa shape index (κ1) is 25.6. The molecule has 2 fully saturated rings. The number of alkyl halides is 3. The molecule has 7 nitrogen and oxygen atoms in total. The van der Waals surface area contributed by atoms with E-state index < -0.39 is 18.7 Å². The van der Waals surface area contributed by atoms with Crippen molar-refractivity contribution in [3.63, 3.8) is 0 Å². The van der Waals surface area contributed by atoms with Crippen LogP contribution in [0.25, 0.3) is 0 Å². The standard InChI is InChI=1S/C23H36F3N5O2/c1-15-19(16-9-7-5-3-2-4-6-8-10-16)20(27)30-21(28-15)31-22(32)29-17-11-13-18(14-12-17)33-23(24,25)26/h11-16,19-21,28,30H,2-10,27H2,1H3,(H2,29,31,32). The number of hydrogen-bond donors (Lipinski definition) is 5. The van der Waals surface area contributed by atoms with Crippen molar-refractivity contribution >= 4 is 11.7 Å². The Morgan fingerprint density at radius 2 is 1.58 bits per heavy atom. The number of nitrogens with two attached hydrogens (primary N) is 1. The molecule has 1 aliphatic carbocycles. The summed E-state index contributed by atoms with van der Waals surface area (Å²) in [5.74, 6) is 0.461. The van der Waals surface area contributed by atoms with Gasteiger partial charge >= 0.3 is 12.4 Å². The van der Waals surface area contributed by atoms with Crippen LogP contribution in [0.2, 0.25) is 0 Å². The molecule has 10 heteroatoms. The number of hydrogen-bond acceptors (Lipinski definition) is 5. The first-order valence-electron chi connectivity index (χ1n) is 11.9. The number of carbonyl (C=O) groups is 1. The SMILES string of the molecule is CC1NC(NC(=O)Nc2ccc(OC(F)(F)F)cc2)NC(N)C1C1CCCCCCCCC1. The lowest BCUT2D eigenvalue weighted by Gasteiger charge is -2.45. The van der Waals surface area contributed by atoms with Crippen molar-refractivity contribution in [2.75, 3.05) is 5.32 Å². The Morgan fingerprint density at radius 1 is 1.00 bits per heavy atom. The first-order chi connectivity index (χ1) is 15.7. The summed E-state index contributed by atoms with van der Waals surface area (Å²) in [7, 11) is 0. The smallest absolute Gasteiger partial charge is 0.406 e. The fraction of sp³-hybridized carbons (Fsp3) is 0.696. The van der Waals surface area contributed by atoms with E-state index in [9.17, 15) is 18.0 Å². The topological polar surface area (TPSA) is 100 Å². The molecule has 3 rings (SSSR count). The van der Waals surface area contributed by atoms with Crippen LogP contribution in [0.1, 0.15) is 64.7 Å². The molecule has 1 aromatic carbocycles. The number of amides is 2. The number of urea groups is 1. The van der Waals surface area contributed by atoms with Crippen molar-refractivity contribution in [1.29, 1.82) is 0 Å². The highest BCUT2D eigenvalue weighted by molar-refractivity contribution is 5.89. The van der Waals surface area contributed by atoms with Crippen LogP contribution in [-0.2, 0) is 0 Å². The maximum absolute atomic E-state index is 12.4. The lowest BCUT2D eigenvalue weighted by molar-refractivity contribution is -0.274. The predicted octanol–water partition coefficient (Wildman–Crippen LogP) is 4.61. The summed E-state index contributed by atoms with van der Waals surface area (Å²) in [5.41, 5.74) is 6.86. The zero-order valence-electron chi connectivity index (χ0n) is 19.1. The first-order valence-corrected chi connectivity index (χ1v) is 11.9. The van der Waals surface area contributed by atoms with Crippen molar-refractivity contribution in [3.05, 3.63) is 24.3 Å². The van der Waals surface area contributed by atoms with E-state index in [0.717, 1.165) is 12.1 Å².